The summed E-state index contributed by atoms with van der Waals surface area (Å²) in [6.07, 6.45) is 0. The zero-order valence-corrected chi connectivity index (χ0v) is 11.6. The topological polar surface area (TPSA) is 24.5 Å². The first-order chi connectivity index (χ1) is 7.94. The first-order valence-electron chi connectivity index (χ1n) is 5.95. The highest BCUT2D eigenvalue weighted by Gasteiger charge is 2.15. The van der Waals surface area contributed by atoms with E-state index in [4.69, 9.17) is 4.74 Å². The van der Waals surface area contributed by atoms with Gasteiger partial charge >= 0.3 is 0 Å². The SMILES string of the molecule is COCC(C)(C)NCc1ccc(N(C)C)cc1. The standard InChI is InChI=1S/C14H24N2O/c1-14(2,11-17-5)15-10-12-6-8-13(9-7-12)16(3)4/h6-9,15H,10-11H2,1-5H3. The Hall–Kier alpha value is -1.06. The molecule has 0 aromatic heterocycles. The first kappa shape index (κ1) is 14.0. The fourth-order valence-corrected chi connectivity index (χ4v) is 1.67. The predicted octanol–water partition coefficient (Wildman–Crippen LogP) is 2.27. The predicted molar refractivity (Wildman–Crippen MR) is 73.6 cm³/mol. The number of anilines is 1. The highest BCUT2D eigenvalue weighted by molar-refractivity contribution is 5.45. The van der Waals surface area contributed by atoms with Crippen molar-refractivity contribution in [2.45, 2.75) is 25.9 Å². The van der Waals surface area contributed by atoms with Crippen LogP contribution in [0.15, 0.2) is 24.3 Å². The van der Waals surface area contributed by atoms with Crippen molar-refractivity contribution < 1.29 is 4.74 Å². The molecule has 0 bridgehead atoms. The van der Waals surface area contributed by atoms with E-state index >= 15 is 0 Å². The minimum atomic E-state index is 0.00890. The van der Waals surface area contributed by atoms with E-state index < -0.39 is 0 Å². The van der Waals surface area contributed by atoms with Crippen molar-refractivity contribution >= 4 is 5.69 Å². The van der Waals surface area contributed by atoms with Gasteiger partial charge in [-0.1, -0.05) is 12.1 Å². The zero-order valence-electron chi connectivity index (χ0n) is 11.6. The van der Waals surface area contributed by atoms with Crippen LogP contribution >= 0.6 is 0 Å². The van der Waals surface area contributed by atoms with Crippen molar-refractivity contribution in [1.82, 2.24) is 5.32 Å². The van der Waals surface area contributed by atoms with E-state index in [0.29, 0.717) is 6.61 Å². The second-order valence-corrected chi connectivity index (χ2v) is 5.23. The van der Waals surface area contributed by atoms with Crippen LogP contribution in [-0.4, -0.2) is 33.4 Å². The lowest BCUT2D eigenvalue weighted by atomic mass is 10.1. The monoisotopic (exact) mass is 236 g/mol. The number of hydrogen-bond donors (Lipinski definition) is 1. The van der Waals surface area contributed by atoms with Crippen LogP contribution < -0.4 is 10.2 Å². The zero-order chi connectivity index (χ0) is 12.9. The molecular weight excluding hydrogens is 212 g/mol. The fourth-order valence-electron chi connectivity index (χ4n) is 1.67. The summed E-state index contributed by atoms with van der Waals surface area (Å²) < 4.78 is 5.18. The van der Waals surface area contributed by atoms with E-state index in [0.717, 1.165) is 6.54 Å². The van der Waals surface area contributed by atoms with Crippen LogP contribution in [0.3, 0.4) is 0 Å². The Morgan fingerprint density at radius 1 is 1.18 bits per heavy atom. The quantitative estimate of drug-likeness (QED) is 0.820. The Kier molecular flexibility index (Phi) is 4.97. The molecule has 0 aliphatic heterocycles. The Labute approximate surface area is 105 Å². The van der Waals surface area contributed by atoms with Crippen LogP contribution in [0.25, 0.3) is 0 Å². The maximum atomic E-state index is 5.18. The summed E-state index contributed by atoms with van der Waals surface area (Å²) in [6.45, 7) is 5.86. The second-order valence-electron chi connectivity index (χ2n) is 5.23. The summed E-state index contributed by atoms with van der Waals surface area (Å²) in [7, 11) is 5.83. The number of methoxy groups -OCH3 is 1. The van der Waals surface area contributed by atoms with Gasteiger partial charge in [-0.25, -0.2) is 0 Å². The maximum Gasteiger partial charge on any atom is 0.0639 e. The van der Waals surface area contributed by atoms with Crippen molar-refractivity contribution in [2.24, 2.45) is 0 Å². The third kappa shape index (κ3) is 4.75. The van der Waals surface area contributed by atoms with E-state index in [-0.39, 0.29) is 5.54 Å². The highest BCUT2D eigenvalue weighted by Crippen LogP contribution is 2.13. The Bertz CT molecular complexity index is 331. The molecule has 0 saturated heterocycles. The number of benzene rings is 1. The molecular formula is C14H24N2O. The van der Waals surface area contributed by atoms with Crippen molar-refractivity contribution in [2.75, 3.05) is 32.7 Å². The van der Waals surface area contributed by atoms with Crippen LogP contribution in [0.2, 0.25) is 0 Å². The van der Waals surface area contributed by atoms with Crippen molar-refractivity contribution in [1.29, 1.82) is 0 Å². The summed E-state index contributed by atoms with van der Waals surface area (Å²) in [5, 5.41) is 3.49. The van der Waals surface area contributed by atoms with Crippen LogP contribution in [-0.2, 0) is 11.3 Å². The van der Waals surface area contributed by atoms with Gasteiger partial charge in [0, 0.05) is 39.0 Å². The van der Waals surface area contributed by atoms with Gasteiger partial charge in [0.15, 0.2) is 0 Å². The molecule has 0 atom stereocenters. The third-order valence-corrected chi connectivity index (χ3v) is 2.73. The number of hydrogen-bond acceptors (Lipinski definition) is 3. The summed E-state index contributed by atoms with van der Waals surface area (Å²) >= 11 is 0. The minimum absolute atomic E-state index is 0.00890. The van der Waals surface area contributed by atoms with Gasteiger partial charge in [-0.05, 0) is 31.5 Å². The molecule has 17 heavy (non-hydrogen) atoms. The molecule has 0 spiro atoms. The maximum absolute atomic E-state index is 5.18. The van der Waals surface area contributed by atoms with E-state index in [9.17, 15) is 0 Å². The summed E-state index contributed by atoms with van der Waals surface area (Å²) in [6, 6.07) is 8.59. The van der Waals surface area contributed by atoms with Crippen molar-refractivity contribution in [3.63, 3.8) is 0 Å². The van der Waals surface area contributed by atoms with Gasteiger partial charge in [-0.3, -0.25) is 0 Å². The number of rotatable bonds is 6. The lowest BCUT2D eigenvalue weighted by Crippen LogP contribution is -2.42. The largest absolute Gasteiger partial charge is 0.383 e. The third-order valence-electron chi connectivity index (χ3n) is 2.73. The van der Waals surface area contributed by atoms with Gasteiger partial charge in [0.25, 0.3) is 0 Å². The Balaban J connectivity index is 2.52. The fraction of sp³-hybridized carbons (Fsp3) is 0.571. The van der Waals surface area contributed by atoms with Gasteiger partial charge in [0.2, 0.25) is 0 Å². The molecule has 1 aromatic carbocycles. The van der Waals surface area contributed by atoms with Crippen LogP contribution in [0.4, 0.5) is 5.69 Å². The van der Waals surface area contributed by atoms with Gasteiger partial charge in [-0.15, -0.1) is 0 Å². The minimum Gasteiger partial charge on any atom is -0.383 e. The molecule has 0 radical (unpaired) electrons. The van der Waals surface area contributed by atoms with Gasteiger partial charge in [0.1, 0.15) is 0 Å². The molecule has 3 nitrogen and oxygen atoms in total. The average molecular weight is 236 g/mol. The summed E-state index contributed by atoms with van der Waals surface area (Å²) in [4.78, 5) is 2.10. The van der Waals surface area contributed by atoms with Crippen LogP contribution in [0, 0.1) is 0 Å². The van der Waals surface area contributed by atoms with Gasteiger partial charge < -0.3 is 15.0 Å². The molecule has 0 aliphatic carbocycles. The first-order valence-corrected chi connectivity index (χ1v) is 5.95. The Morgan fingerprint density at radius 2 is 1.76 bits per heavy atom. The van der Waals surface area contributed by atoms with E-state index in [1.54, 1.807) is 7.11 Å². The van der Waals surface area contributed by atoms with Gasteiger partial charge in [-0.2, -0.15) is 0 Å². The van der Waals surface area contributed by atoms with E-state index in [1.165, 1.54) is 11.3 Å². The molecule has 0 amide bonds. The molecule has 96 valence electrons. The average Bonchev–Trinajstić information content (AvgIpc) is 2.27. The van der Waals surface area contributed by atoms with Gasteiger partial charge in [0.05, 0.1) is 6.61 Å². The molecule has 1 rings (SSSR count). The molecule has 3 heteroatoms. The van der Waals surface area contributed by atoms with E-state index in [2.05, 4.69) is 62.4 Å². The number of nitrogens with zero attached hydrogens (tertiary/aromatic N) is 1. The normalized spacial score (nSPS) is 11.6. The second kappa shape index (κ2) is 6.03. The lowest BCUT2D eigenvalue weighted by molar-refractivity contribution is 0.128. The van der Waals surface area contributed by atoms with Crippen LogP contribution in [0.5, 0.6) is 0 Å². The molecule has 0 heterocycles. The number of ether oxygens (including phenoxy) is 1. The van der Waals surface area contributed by atoms with Crippen molar-refractivity contribution in [3.8, 4) is 0 Å². The molecule has 0 unspecified atom stereocenters. The van der Waals surface area contributed by atoms with Crippen LogP contribution in [0.1, 0.15) is 19.4 Å². The smallest absolute Gasteiger partial charge is 0.0639 e. The molecule has 0 aliphatic rings. The van der Waals surface area contributed by atoms with Crippen molar-refractivity contribution in [3.05, 3.63) is 29.8 Å². The Morgan fingerprint density at radius 3 is 2.24 bits per heavy atom. The number of nitrogens with one attached hydrogen (secondary N) is 1. The summed E-state index contributed by atoms with van der Waals surface area (Å²) in [5.74, 6) is 0. The lowest BCUT2D eigenvalue weighted by Gasteiger charge is -2.25. The summed E-state index contributed by atoms with van der Waals surface area (Å²) in [5.41, 5.74) is 2.53. The van der Waals surface area contributed by atoms with E-state index in [1.807, 2.05) is 0 Å². The molecule has 0 saturated carbocycles. The highest BCUT2D eigenvalue weighted by atomic mass is 16.5. The molecule has 0 fully saturated rings. The molecule has 1 N–H and O–H groups in total. The molecule has 1 aromatic rings.